The Morgan fingerprint density at radius 1 is 1.08 bits per heavy atom. The fourth-order valence-corrected chi connectivity index (χ4v) is 4.52. The molecule has 0 bridgehead atoms. The van der Waals surface area contributed by atoms with Crippen molar-refractivity contribution in [3.63, 3.8) is 0 Å². The zero-order valence-electron chi connectivity index (χ0n) is 14.2. The Balaban J connectivity index is 1.76. The third-order valence-electron chi connectivity index (χ3n) is 4.64. The maximum atomic E-state index is 12.2. The van der Waals surface area contributed by atoms with Gasteiger partial charge in [0.15, 0.2) is 0 Å². The molecule has 3 N–H and O–H groups in total. The number of urea groups is 1. The van der Waals surface area contributed by atoms with E-state index < -0.39 is 16.1 Å². The molecular formula is C17H25N3O3S. The Morgan fingerprint density at radius 2 is 1.67 bits per heavy atom. The molecule has 7 heteroatoms. The standard InChI is InChI=1S/C17H25N3O3S/c1-11(2)18-10-24(22,23)20-17(21)19-16-14-7-3-5-12(14)9-13-6-4-8-15(13)16/h9,11,18H,3-8,10H2,1-2H3,(H2,19,20,21). The Kier molecular flexibility index (Phi) is 4.83. The van der Waals surface area contributed by atoms with E-state index in [1.807, 2.05) is 13.8 Å². The van der Waals surface area contributed by atoms with Crippen LogP contribution in [-0.4, -0.2) is 26.4 Å². The van der Waals surface area contributed by atoms with Crippen molar-refractivity contribution in [2.75, 3.05) is 11.2 Å². The molecular weight excluding hydrogens is 326 g/mol. The lowest BCUT2D eigenvalue weighted by Crippen LogP contribution is -2.41. The zero-order valence-corrected chi connectivity index (χ0v) is 15.1. The summed E-state index contributed by atoms with van der Waals surface area (Å²) in [7, 11) is -3.70. The molecule has 1 aromatic rings. The van der Waals surface area contributed by atoms with E-state index in [0.29, 0.717) is 0 Å². The van der Waals surface area contributed by atoms with Crippen LogP contribution < -0.4 is 15.4 Å². The highest BCUT2D eigenvalue weighted by Gasteiger charge is 2.25. The van der Waals surface area contributed by atoms with Crippen molar-refractivity contribution in [2.24, 2.45) is 0 Å². The minimum Gasteiger partial charge on any atom is -0.307 e. The van der Waals surface area contributed by atoms with Crippen molar-refractivity contribution >= 4 is 21.7 Å². The second-order valence-corrected chi connectivity index (χ2v) is 8.63. The minimum absolute atomic E-state index is 0.0327. The molecule has 0 spiro atoms. The Morgan fingerprint density at radius 3 is 2.21 bits per heavy atom. The van der Waals surface area contributed by atoms with E-state index in [1.165, 1.54) is 22.3 Å². The number of anilines is 1. The van der Waals surface area contributed by atoms with Gasteiger partial charge in [0.05, 0.1) is 0 Å². The van der Waals surface area contributed by atoms with Gasteiger partial charge in [-0.05, 0) is 74.6 Å². The van der Waals surface area contributed by atoms with Crippen molar-refractivity contribution < 1.29 is 13.2 Å². The van der Waals surface area contributed by atoms with E-state index in [2.05, 4.69) is 21.4 Å². The first-order valence-electron chi connectivity index (χ1n) is 8.57. The van der Waals surface area contributed by atoms with Gasteiger partial charge < -0.3 is 5.32 Å². The van der Waals surface area contributed by atoms with Crippen molar-refractivity contribution in [3.8, 4) is 0 Å². The average Bonchev–Trinajstić information content (AvgIpc) is 3.13. The smallest absolute Gasteiger partial charge is 0.307 e. The third-order valence-corrected chi connectivity index (χ3v) is 5.68. The number of aryl methyl sites for hydroxylation is 2. The van der Waals surface area contributed by atoms with Crippen molar-refractivity contribution in [1.29, 1.82) is 0 Å². The van der Waals surface area contributed by atoms with Crippen LogP contribution >= 0.6 is 0 Å². The van der Waals surface area contributed by atoms with Crippen LogP contribution in [-0.2, 0) is 35.7 Å². The molecule has 0 heterocycles. The molecule has 2 amide bonds. The summed E-state index contributed by atoms with van der Waals surface area (Å²) in [5, 5.41) is 5.64. The van der Waals surface area contributed by atoms with Crippen LogP contribution in [0.3, 0.4) is 0 Å². The van der Waals surface area contributed by atoms with Crippen molar-refractivity contribution in [1.82, 2.24) is 10.0 Å². The average molecular weight is 351 g/mol. The second kappa shape index (κ2) is 6.72. The highest BCUT2D eigenvalue weighted by Crippen LogP contribution is 2.38. The fraction of sp³-hybridized carbons (Fsp3) is 0.588. The Bertz CT molecular complexity index is 725. The van der Waals surface area contributed by atoms with Gasteiger partial charge in [-0.3, -0.25) is 5.32 Å². The van der Waals surface area contributed by atoms with Gasteiger partial charge >= 0.3 is 6.03 Å². The molecule has 24 heavy (non-hydrogen) atoms. The summed E-state index contributed by atoms with van der Waals surface area (Å²) in [5.41, 5.74) is 5.82. The summed E-state index contributed by atoms with van der Waals surface area (Å²) in [5.74, 6) is -0.275. The first-order valence-corrected chi connectivity index (χ1v) is 10.2. The molecule has 0 saturated carbocycles. The summed E-state index contributed by atoms with van der Waals surface area (Å²) >= 11 is 0. The molecule has 0 unspecified atom stereocenters. The highest BCUT2D eigenvalue weighted by atomic mass is 32.2. The van der Waals surface area contributed by atoms with Crippen LogP contribution in [0.4, 0.5) is 10.5 Å². The number of carbonyl (C=O) groups excluding carboxylic acids is 1. The number of hydrogen-bond donors (Lipinski definition) is 3. The lowest BCUT2D eigenvalue weighted by atomic mass is 9.99. The first-order chi connectivity index (χ1) is 11.4. The van der Waals surface area contributed by atoms with E-state index in [-0.39, 0.29) is 11.9 Å². The number of nitrogens with one attached hydrogen (secondary N) is 3. The predicted molar refractivity (Wildman–Crippen MR) is 94.7 cm³/mol. The van der Waals surface area contributed by atoms with Crippen LogP contribution in [0.5, 0.6) is 0 Å². The van der Waals surface area contributed by atoms with Gasteiger partial charge in [-0.1, -0.05) is 6.07 Å². The summed E-state index contributed by atoms with van der Waals surface area (Å²) in [6.07, 6.45) is 6.14. The minimum atomic E-state index is -3.70. The van der Waals surface area contributed by atoms with Gasteiger partial charge in [-0.15, -0.1) is 0 Å². The molecule has 1 aromatic carbocycles. The van der Waals surface area contributed by atoms with Gasteiger partial charge in [0.1, 0.15) is 5.88 Å². The largest absolute Gasteiger partial charge is 0.332 e. The molecule has 0 aliphatic heterocycles. The van der Waals surface area contributed by atoms with Gasteiger partial charge in [0, 0.05) is 11.7 Å². The molecule has 6 nitrogen and oxygen atoms in total. The number of benzene rings is 1. The molecule has 3 rings (SSSR count). The summed E-state index contributed by atoms with van der Waals surface area (Å²) in [6.45, 7) is 3.71. The molecule has 0 atom stereocenters. The van der Waals surface area contributed by atoms with Gasteiger partial charge in [-0.25, -0.2) is 17.9 Å². The Labute approximate surface area is 143 Å². The molecule has 132 valence electrons. The van der Waals surface area contributed by atoms with E-state index >= 15 is 0 Å². The predicted octanol–water partition coefficient (Wildman–Crippen LogP) is 2.07. The van der Waals surface area contributed by atoms with Crippen LogP contribution in [0.2, 0.25) is 0 Å². The van der Waals surface area contributed by atoms with Gasteiger partial charge in [-0.2, -0.15) is 0 Å². The molecule has 2 aliphatic carbocycles. The first kappa shape index (κ1) is 17.2. The normalized spacial score (nSPS) is 16.1. The summed E-state index contributed by atoms with van der Waals surface area (Å²) < 4.78 is 26.0. The maximum absolute atomic E-state index is 12.2. The van der Waals surface area contributed by atoms with E-state index in [1.54, 1.807) is 0 Å². The van der Waals surface area contributed by atoms with Crippen molar-refractivity contribution in [2.45, 2.75) is 58.4 Å². The zero-order chi connectivity index (χ0) is 17.3. The number of amides is 2. The molecule has 0 aromatic heterocycles. The summed E-state index contributed by atoms with van der Waals surface area (Å²) in [6, 6.07) is 1.64. The third kappa shape index (κ3) is 3.72. The number of hydrogen-bond acceptors (Lipinski definition) is 4. The summed E-state index contributed by atoms with van der Waals surface area (Å²) in [4.78, 5) is 12.2. The number of sulfonamides is 1. The van der Waals surface area contributed by atoms with Gasteiger partial charge in [0.2, 0.25) is 10.0 Å². The molecule has 0 radical (unpaired) electrons. The van der Waals surface area contributed by atoms with Crippen LogP contribution in [0.25, 0.3) is 0 Å². The van der Waals surface area contributed by atoms with Gasteiger partial charge in [0.25, 0.3) is 0 Å². The van der Waals surface area contributed by atoms with Crippen LogP contribution in [0, 0.1) is 0 Å². The quantitative estimate of drug-likeness (QED) is 0.758. The number of rotatable bonds is 5. The number of carbonyl (C=O) groups is 1. The molecule has 2 aliphatic rings. The lowest BCUT2D eigenvalue weighted by Gasteiger charge is -2.17. The van der Waals surface area contributed by atoms with Crippen molar-refractivity contribution in [3.05, 3.63) is 28.3 Å². The van der Waals surface area contributed by atoms with E-state index in [4.69, 9.17) is 0 Å². The fourth-order valence-electron chi connectivity index (χ4n) is 3.56. The molecule has 0 saturated heterocycles. The Hall–Kier alpha value is -1.60. The lowest BCUT2D eigenvalue weighted by molar-refractivity contribution is 0.256. The monoisotopic (exact) mass is 351 g/mol. The second-order valence-electron chi connectivity index (χ2n) is 6.91. The van der Waals surface area contributed by atoms with E-state index in [0.717, 1.165) is 44.2 Å². The molecule has 0 fully saturated rings. The van der Waals surface area contributed by atoms with Crippen LogP contribution in [0.15, 0.2) is 6.07 Å². The SMILES string of the molecule is CC(C)NCS(=O)(=O)NC(=O)Nc1c2c(cc3c1CCC3)CCC2. The number of fused-ring (bicyclic) bond motifs is 2. The van der Waals surface area contributed by atoms with Crippen LogP contribution in [0.1, 0.15) is 48.9 Å². The highest BCUT2D eigenvalue weighted by molar-refractivity contribution is 7.90. The topological polar surface area (TPSA) is 87.3 Å². The maximum Gasteiger partial charge on any atom is 0.332 e. The van der Waals surface area contributed by atoms with E-state index in [9.17, 15) is 13.2 Å².